The van der Waals surface area contributed by atoms with Crippen molar-refractivity contribution in [2.45, 2.75) is 29.9 Å². The van der Waals surface area contributed by atoms with Gasteiger partial charge >= 0.3 is 0 Å². The second-order valence-electron chi connectivity index (χ2n) is 7.90. The largest absolute Gasteiger partial charge is 0.365 e. The molecule has 1 spiro atoms. The predicted octanol–water partition coefficient (Wildman–Crippen LogP) is 1.93. The Morgan fingerprint density at radius 3 is 2.90 bits per heavy atom. The van der Waals surface area contributed by atoms with Crippen LogP contribution in [0.15, 0.2) is 48.8 Å². The molecule has 0 N–H and O–H groups in total. The number of hydrogen-bond donors (Lipinski definition) is 0. The van der Waals surface area contributed by atoms with E-state index in [9.17, 15) is 13.2 Å². The predicted molar refractivity (Wildman–Crippen MR) is 107 cm³/mol. The van der Waals surface area contributed by atoms with Gasteiger partial charge in [-0.2, -0.15) is 4.31 Å². The van der Waals surface area contributed by atoms with Crippen LogP contribution in [0.25, 0.3) is 0 Å². The van der Waals surface area contributed by atoms with Crippen molar-refractivity contribution in [3.8, 4) is 0 Å². The first kappa shape index (κ1) is 19.0. The molecule has 7 nitrogen and oxygen atoms in total. The van der Waals surface area contributed by atoms with Crippen molar-refractivity contribution in [1.29, 1.82) is 0 Å². The molecule has 0 saturated carbocycles. The molecular weight excluding hydrogens is 414 g/mol. The number of sulfonamides is 1. The van der Waals surface area contributed by atoms with Crippen LogP contribution in [0.4, 0.5) is 0 Å². The first-order valence-corrected chi connectivity index (χ1v) is 11.4. The van der Waals surface area contributed by atoms with Gasteiger partial charge in [-0.15, -0.1) is 0 Å². The zero-order chi connectivity index (χ0) is 20.2. The fourth-order valence-electron chi connectivity index (χ4n) is 4.76. The van der Waals surface area contributed by atoms with E-state index in [4.69, 9.17) is 16.3 Å². The number of carbonyl (C=O) groups excluding carboxylic acids is 1. The Hall–Kier alpha value is -2.00. The van der Waals surface area contributed by atoms with E-state index >= 15 is 0 Å². The third-order valence-corrected chi connectivity index (χ3v) is 8.51. The van der Waals surface area contributed by atoms with Gasteiger partial charge in [0.05, 0.1) is 18.2 Å². The van der Waals surface area contributed by atoms with Crippen molar-refractivity contribution in [2.24, 2.45) is 0 Å². The molecular formula is C20H20ClN3O4S. The van der Waals surface area contributed by atoms with Crippen LogP contribution in [0.2, 0.25) is 5.02 Å². The number of hydrogen-bond acceptors (Lipinski definition) is 5. The number of morpholine rings is 1. The van der Waals surface area contributed by atoms with Gasteiger partial charge in [0.15, 0.2) is 0 Å². The van der Waals surface area contributed by atoms with Crippen molar-refractivity contribution < 1.29 is 17.9 Å². The summed E-state index contributed by atoms with van der Waals surface area (Å²) in [6.07, 6.45) is 3.29. The van der Waals surface area contributed by atoms with Crippen LogP contribution in [0, 0.1) is 0 Å². The van der Waals surface area contributed by atoms with E-state index in [0.717, 1.165) is 5.56 Å². The third-order valence-electron chi connectivity index (χ3n) is 5.95. The zero-order valence-electron chi connectivity index (χ0n) is 15.6. The molecule has 2 bridgehead atoms. The maximum Gasteiger partial charge on any atom is 0.255 e. The molecule has 1 amide bonds. The number of likely N-dealkylation sites (tertiary alicyclic amines) is 1. The van der Waals surface area contributed by atoms with Crippen molar-refractivity contribution in [1.82, 2.24) is 14.2 Å². The van der Waals surface area contributed by atoms with Gasteiger partial charge in [0.2, 0.25) is 10.0 Å². The Bertz CT molecular complexity index is 1060. The van der Waals surface area contributed by atoms with Crippen LogP contribution >= 0.6 is 11.6 Å². The maximum atomic E-state index is 13.2. The molecule has 0 radical (unpaired) electrons. The average Bonchev–Trinajstić information content (AvgIpc) is 3.07. The van der Waals surface area contributed by atoms with Gasteiger partial charge in [0.25, 0.3) is 5.91 Å². The quantitative estimate of drug-likeness (QED) is 0.739. The molecule has 152 valence electrons. The maximum absolute atomic E-state index is 13.2. The van der Waals surface area contributed by atoms with E-state index in [-0.39, 0.29) is 31.6 Å². The number of pyridine rings is 1. The summed E-state index contributed by atoms with van der Waals surface area (Å²) in [6, 6.07) is 10.6. The SMILES string of the molecule is O=C(c1cccnc1)N1C[C@@H]2C[C@@H]3[C@@](C1)(CN(Cc1cccc(Cl)c1)S3(=O)=O)O2. The van der Waals surface area contributed by atoms with Crippen LogP contribution in [0.5, 0.6) is 0 Å². The minimum absolute atomic E-state index is 0.142. The van der Waals surface area contributed by atoms with Crippen LogP contribution in [0.3, 0.4) is 0 Å². The van der Waals surface area contributed by atoms with Crippen molar-refractivity contribution in [3.63, 3.8) is 0 Å². The number of halogens is 1. The molecule has 0 unspecified atom stereocenters. The number of carbonyl (C=O) groups is 1. The summed E-state index contributed by atoms with van der Waals surface area (Å²) in [7, 11) is -3.54. The lowest BCUT2D eigenvalue weighted by Crippen LogP contribution is -2.56. The number of ether oxygens (including phenoxy) is 1. The normalized spacial score (nSPS) is 30.3. The summed E-state index contributed by atoms with van der Waals surface area (Å²) in [6.45, 7) is 1.13. The van der Waals surface area contributed by atoms with E-state index in [2.05, 4.69) is 4.98 Å². The average molecular weight is 434 g/mol. The summed E-state index contributed by atoms with van der Waals surface area (Å²) >= 11 is 6.05. The molecule has 3 saturated heterocycles. The molecule has 3 aliphatic heterocycles. The van der Waals surface area contributed by atoms with Crippen LogP contribution in [-0.2, 0) is 21.3 Å². The standard InChI is InChI=1S/C20H20ClN3O4S/c21-16-5-1-3-14(7-16)10-24-13-20-12-23(19(25)15-4-2-6-22-9-15)11-17(28-20)8-18(20)29(24,26)27/h1-7,9,17-18H,8,10-13H2/t17-,18+,20+/m0/s1. The van der Waals surface area contributed by atoms with Crippen LogP contribution < -0.4 is 0 Å². The number of benzene rings is 1. The van der Waals surface area contributed by atoms with E-state index in [1.54, 1.807) is 41.4 Å². The summed E-state index contributed by atoms with van der Waals surface area (Å²) in [5.41, 5.74) is 0.435. The summed E-state index contributed by atoms with van der Waals surface area (Å²) in [5, 5.41) is -0.0643. The number of amides is 1. The number of nitrogens with zero attached hydrogens (tertiary/aromatic N) is 3. The van der Waals surface area contributed by atoms with E-state index < -0.39 is 20.9 Å². The highest BCUT2D eigenvalue weighted by atomic mass is 35.5. The van der Waals surface area contributed by atoms with Gasteiger partial charge in [0, 0.05) is 37.1 Å². The molecule has 4 heterocycles. The van der Waals surface area contributed by atoms with E-state index in [1.807, 2.05) is 6.07 Å². The highest BCUT2D eigenvalue weighted by Crippen LogP contribution is 2.47. The molecule has 29 heavy (non-hydrogen) atoms. The van der Waals surface area contributed by atoms with Crippen molar-refractivity contribution in [3.05, 3.63) is 64.9 Å². The highest BCUT2D eigenvalue weighted by molar-refractivity contribution is 7.90. The lowest BCUT2D eigenvalue weighted by Gasteiger charge is -2.39. The molecule has 5 rings (SSSR count). The smallest absolute Gasteiger partial charge is 0.255 e. The van der Waals surface area contributed by atoms with Gasteiger partial charge in [-0.3, -0.25) is 9.78 Å². The molecule has 3 aliphatic rings. The van der Waals surface area contributed by atoms with Gasteiger partial charge < -0.3 is 9.64 Å². The Morgan fingerprint density at radius 2 is 2.14 bits per heavy atom. The second kappa shape index (κ2) is 6.77. The van der Waals surface area contributed by atoms with Crippen molar-refractivity contribution >= 4 is 27.5 Å². The molecule has 0 aliphatic carbocycles. The Labute approximate surface area is 174 Å². The molecule has 3 fully saturated rings. The fraction of sp³-hybridized carbons (Fsp3) is 0.400. The molecule has 1 aromatic heterocycles. The van der Waals surface area contributed by atoms with Gasteiger partial charge in [-0.05, 0) is 36.2 Å². The highest BCUT2D eigenvalue weighted by Gasteiger charge is 2.65. The molecule has 1 aromatic carbocycles. The summed E-state index contributed by atoms with van der Waals surface area (Å²) in [4.78, 5) is 18.7. The van der Waals surface area contributed by atoms with E-state index in [1.165, 1.54) is 10.5 Å². The Balaban J connectivity index is 1.41. The van der Waals surface area contributed by atoms with Crippen LogP contribution in [-0.4, -0.2) is 65.1 Å². The van der Waals surface area contributed by atoms with E-state index in [0.29, 0.717) is 23.6 Å². The molecule has 3 atom stereocenters. The van der Waals surface area contributed by atoms with Gasteiger partial charge in [-0.25, -0.2) is 8.42 Å². The molecule has 9 heteroatoms. The Kier molecular flexibility index (Phi) is 4.43. The number of rotatable bonds is 3. The zero-order valence-corrected chi connectivity index (χ0v) is 17.1. The Morgan fingerprint density at radius 1 is 1.28 bits per heavy atom. The number of fused-ring (bicyclic) bond motifs is 1. The molecule has 2 aromatic rings. The monoisotopic (exact) mass is 433 g/mol. The van der Waals surface area contributed by atoms with Crippen LogP contribution in [0.1, 0.15) is 22.3 Å². The first-order valence-electron chi connectivity index (χ1n) is 9.48. The van der Waals surface area contributed by atoms with Crippen molar-refractivity contribution in [2.75, 3.05) is 19.6 Å². The fourth-order valence-corrected chi connectivity index (χ4v) is 7.26. The minimum atomic E-state index is -3.54. The first-order chi connectivity index (χ1) is 13.9. The number of aromatic nitrogens is 1. The van der Waals surface area contributed by atoms with Gasteiger partial charge in [-0.1, -0.05) is 23.7 Å². The minimum Gasteiger partial charge on any atom is -0.365 e. The lowest BCUT2D eigenvalue weighted by molar-refractivity contribution is -0.0980. The summed E-state index contributed by atoms with van der Waals surface area (Å²) < 4.78 is 34.2. The lowest BCUT2D eigenvalue weighted by atomic mass is 9.99. The van der Waals surface area contributed by atoms with Gasteiger partial charge in [0.1, 0.15) is 10.9 Å². The third kappa shape index (κ3) is 3.15. The topological polar surface area (TPSA) is 79.8 Å². The second-order valence-corrected chi connectivity index (χ2v) is 10.5. The summed E-state index contributed by atoms with van der Waals surface area (Å²) in [5.74, 6) is -0.142.